The highest BCUT2D eigenvalue weighted by atomic mass is 19.1. The molecule has 3 aromatic carbocycles. The molecule has 0 spiro atoms. The SMILES string of the molecule is COc1ccc(-c2ccn(-c3cc4c(cc3F)c(=O)c(C(=O)O)cn4-c3ccc(O)cc3F)n2)cc1. The van der Waals surface area contributed by atoms with E-state index in [-0.39, 0.29) is 28.0 Å². The first-order valence-corrected chi connectivity index (χ1v) is 10.6. The first kappa shape index (κ1) is 22.8. The highest BCUT2D eigenvalue weighted by Gasteiger charge is 2.20. The maximum Gasteiger partial charge on any atom is 0.341 e. The van der Waals surface area contributed by atoms with Crippen LogP contribution >= 0.6 is 0 Å². The number of phenolic OH excluding ortho intramolecular Hbond substituents is 1. The van der Waals surface area contributed by atoms with Crippen LogP contribution in [0.3, 0.4) is 0 Å². The van der Waals surface area contributed by atoms with Gasteiger partial charge in [-0.25, -0.2) is 18.3 Å². The van der Waals surface area contributed by atoms with Gasteiger partial charge in [0.1, 0.15) is 28.6 Å². The molecular weight excluding hydrogens is 472 g/mol. The number of hydrogen-bond donors (Lipinski definition) is 2. The minimum Gasteiger partial charge on any atom is -0.508 e. The second-order valence-electron chi connectivity index (χ2n) is 7.88. The number of hydrogen-bond acceptors (Lipinski definition) is 5. The molecule has 0 aliphatic rings. The van der Waals surface area contributed by atoms with E-state index in [2.05, 4.69) is 5.10 Å². The third kappa shape index (κ3) is 3.84. The molecule has 8 nitrogen and oxygen atoms in total. The number of benzene rings is 3. The molecule has 2 N–H and O–H groups in total. The van der Waals surface area contributed by atoms with E-state index in [1.165, 1.54) is 29.1 Å². The number of ether oxygens (including phenoxy) is 1. The molecule has 0 fully saturated rings. The van der Waals surface area contributed by atoms with Crippen LogP contribution in [-0.4, -0.2) is 37.6 Å². The minimum atomic E-state index is -1.55. The number of aromatic hydroxyl groups is 1. The van der Waals surface area contributed by atoms with Gasteiger partial charge in [0.2, 0.25) is 5.43 Å². The third-order valence-electron chi connectivity index (χ3n) is 5.72. The summed E-state index contributed by atoms with van der Waals surface area (Å²) in [7, 11) is 1.55. The van der Waals surface area contributed by atoms with Gasteiger partial charge >= 0.3 is 5.97 Å². The Balaban J connectivity index is 1.72. The van der Waals surface area contributed by atoms with Crippen LogP contribution in [0.2, 0.25) is 0 Å². The van der Waals surface area contributed by atoms with Crippen molar-refractivity contribution >= 4 is 16.9 Å². The molecule has 10 heteroatoms. The highest BCUT2D eigenvalue weighted by molar-refractivity contribution is 5.93. The molecular formula is C26H17F2N3O5. The van der Waals surface area contributed by atoms with Crippen LogP contribution in [-0.2, 0) is 0 Å². The van der Waals surface area contributed by atoms with Crippen LogP contribution in [0.4, 0.5) is 8.78 Å². The zero-order chi connectivity index (χ0) is 25.6. The quantitative estimate of drug-likeness (QED) is 0.376. The van der Waals surface area contributed by atoms with Gasteiger partial charge in [0.15, 0.2) is 5.82 Å². The number of halogens is 2. The van der Waals surface area contributed by atoms with Crippen molar-refractivity contribution in [3.8, 4) is 34.1 Å². The lowest BCUT2D eigenvalue weighted by Crippen LogP contribution is -2.19. The largest absolute Gasteiger partial charge is 0.508 e. The number of fused-ring (bicyclic) bond motifs is 1. The van der Waals surface area contributed by atoms with E-state index in [9.17, 15) is 24.2 Å². The van der Waals surface area contributed by atoms with Crippen molar-refractivity contribution in [1.82, 2.24) is 14.3 Å². The summed E-state index contributed by atoms with van der Waals surface area (Å²) >= 11 is 0. The summed E-state index contributed by atoms with van der Waals surface area (Å²) in [5.41, 5.74) is -0.423. The molecule has 0 aliphatic carbocycles. The number of carboxylic acid groups (broad SMARTS) is 1. The minimum absolute atomic E-state index is 0.0438. The molecule has 0 saturated heterocycles. The summed E-state index contributed by atoms with van der Waals surface area (Å²) in [6.07, 6.45) is 2.50. The van der Waals surface area contributed by atoms with E-state index in [0.717, 1.165) is 28.5 Å². The standard InChI is InChI=1S/C26H17F2N3O5/c1-36-16-5-2-14(3-6-16)21-8-9-31(29-21)24-12-23-17(11-20(24)28)25(33)18(26(34)35)13-30(23)22-7-4-15(32)10-19(22)27/h2-13,32H,1H3,(H,34,35). The molecule has 0 bridgehead atoms. The number of pyridine rings is 1. The normalized spacial score (nSPS) is 11.1. The fourth-order valence-corrected chi connectivity index (χ4v) is 3.93. The predicted octanol–water partition coefficient (Wildman–Crippen LogP) is 4.53. The molecule has 2 heterocycles. The molecule has 0 amide bonds. The maximum atomic E-state index is 15.2. The lowest BCUT2D eigenvalue weighted by atomic mass is 10.1. The average Bonchev–Trinajstić information content (AvgIpc) is 3.34. The van der Waals surface area contributed by atoms with Gasteiger partial charge in [0.25, 0.3) is 0 Å². The number of aromatic carboxylic acids is 1. The summed E-state index contributed by atoms with van der Waals surface area (Å²) in [6, 6.07) is 14.2. The van der Waals surface area contributed by atoms with Gasteiger partial charge in [0.05, 0.1) is 24.0 Å². The summed E-state index contributed by atoms with van der Waals surface area (Å²) in [6.45, 7) is 0. The number of rotatable bonds is 5. The van der Waals surface area contributed by atoms with Crippen molar-refractivity contribution in [2.75, 3.05) is 7.11 Å². The van der Waals surface area contributed by atoms with Crippen LogP contribution in [0.15, 0.2) is 77.9 Å². The Kier molecular flexibility index (Phi) is 5.48. The summed E-state index contributed by atoms with van der Waals surface area (Å²) in [4.78, 5) is 24.5. The summed E-state index contributed by atoms with van der Waals surface area (Å²) < 4.78 is 37.5. The second-order valence-corrected chi connectivity index (χ2v) is 7.88. The molecule has 0 aliphatic heterocycles. The van der Waals surface area contributed by atoms with Crippen molar-refractivity contribution in [2.24, 2.45) is 0 Å². The van der Waals surface area contributed by atoms with E-state index in [1.807, 2.05) is 0 Å². The van der Waals surface area contributed by atoms with Crippen LogP contribution in [0, 0.1) is 11.6 Å². The Morgan fingerprint density at radius 1 is 0.972 bits per heavy atom. The molecule has 0 radical (unpaired) electrons. The summed E-state index contributed by atoms with van der Waals surface area (Å²) in [5, 5.41) is 23.2. The van der Waals surface area contributed by atoms with Crippen molar-refractivity contribution < 1.29 is 28.5 Å². The van der Waals surface area contributed by atoms with E-state index in [4.69, 9.17) is 4.74 Å². The smallest absolute Gasteiger partial charge is 0.341 e. The van der Waals surface area contributed by atoms with Crippen LogP contribution < -0.4 is 10.2 Å². The predicted molar refractivity (Wildman–Crippen MR) is 127 cm³/mol. The monoisotopic (exact) mass is 489 g/mol. The van der Waals surface area contributed by atoms with Gasteiger partial charge in [0, 0.05) is 29.4 Å². The van der Waals surface area contributed by atoms with E-state index in [0.29, 0.717) is 11.4 Å². The van der Waals surface area contributed by atoms with Gasteiger partial charge in [-0.3, -0.25) is 4.79 Å². The summed E-state index contributed by atoms with van der Waals surface area (Å²) in [5.74, 6) is -2.92. The van der Waals surface area contributed by atoms with E-state index >= 15 is 4.39 Å². The Hall–Kier alpha value is -4.99. The topological polar surface area (TPSA) is 107 Å². The average molecular weight is 489 g/mol. The van der Waals surface area contributed by atoms with Gasteiger partial charge in [-0.05, 0) is 54.6 Å². The Morgan fingerprint density at radius 3 is 2.36 bits per heavy atom. The Bertz CT molecular complexity index is 1710. The molecule has 36 heavy (non-hydrogen) atoms. The zero-order valence-electron chi connectivity index (χ0n) is 18.6. The highest BCUT2D eigenvalue weighted by Crippen LogP contribution is 2.27. The Labute approximate surface area is 201 Å². The number of carboxylic acids is 1. The fourth-order valence-electron chi connectivity index (χ4n) is 3.93. The lowest BCUT2D eigenvalue weighted by molar-refractivity contribution is 0.0695. The molecule has 5 aromatic rings. The first-order valence-electron chi connectivity index (χ1n) is 10.6. The van der Waals surface area contributed by atoms with E-state index < -0.39 is 28.6 Å². The number of methoxy groups -OCH3 is 1. The molecule has 180 valence electrons. The van der Waals surface area contributed by atoms with Crippen LogP contribution in [0.25, 0.3) is 33.5 Å². The maximum absolute atomic E-state index is 15.2. The number of aromatic nitrogens is 3. The Morgan fingerprint density at radius 2 is 1.69 bits per heavy atom. The molecule has 0 unspecified atom stereocenters. The van der Waals surface area contributed by atoms with Crippen molar-refractivity contribution in [1.29, 1.82) is 0 Å². The van der Waals surface area contributed by atoms with Crippen LogP contribution in [0.1, 0.15) is 10.4 Å². The van der Waals surface area contributed by atoms with Crippen molar-refractivity contribution in [3.63, 3.8) is 0 Å². The lowest BCUT2D eigenvalue weighted by Gasteiger charge is -2.15. The van der Waals surface area contributed by atoms with Gasteiger partial charge < -0.3 is 19.5 Å². The number of carbonyl (C=O) groups is 1. The molecule has 0 atom stereocenters. The fraction of sp³-hybridized carbons (Fsp3) is 0.0385. The number of phenols is 1. The van der Waals surface area contributed by atoms with Crippen molar-refractivity contribution in [2.45, 2.75) is 0 Å². The van der Waals surface area contributed by atoms with Gasteiger partial charge in [-0.15, -0.1) is 0 Å². The zero-order valence-corrected chi connectivity index (χ0v) is 18.6. The van der Waals surface area contributed by atoms with Crippen molar-refractivity contribution in [3.05, 3.63) is 100 Å². The molecule has 0 saturated carbocycles. The number of nitrogens with zero attached hydrogens (tertiary/aromatic N) is 3. The third-order valence-corrected chi connectivity index (χ3v) is 5.72. The van der Waals surface area contributed by atoms with Gasteiger partial charge in [-0.1, -0.05) is 0 Å². The first-order chi connectivity index (χ1) is 17.3. The second kappa shape index (κ2) is 8.66. The molecule has 5 rings (SSSR count). The van der Waals surface area contributed by atoms with Crippen LogP contribution in [0.5, 0.6) is 11.5 Å². The van der Waals surface area contributed by atoms with Gasteiger partial charge in [-0.2, -0.15) is 5.10 Å². The van der Waals surface area contributed by atoms with E-state index in [1.54, 1.807) is 37.4 Å². The molecule has 2 aromatic heterocycles.